The predicted molar refractivity (Wildman–Crippen MR) is 89.0 cm³/mol. The number of hydrogen-bond acceptors (Lipinski definition) is 4. The molecule has 0 unspecified atom stereocenters. The number of benzene rings is 1. The van der Waals surface area contributed by atoms with Gasteiger partial charge >= 0.3 is 0 Å². The second kappa shape index (κ2) is 7.09. The largest absolute Gasteiger partial charge is 0.380 e. The minimum absolute atomic E-state index is 0.234. The molecule has 0 atom stereocenters. The maximum Gasteiger partial charge on any atom is 0.224 e. The normalized spacial score (nSPS) is 10.2. The first-order valence-corrected chi connectivity index (χ1v) is 7.16. The number of aryl methyl sites for hydroxylation is 2. The van der Waals surface area contributed by atoms with Crippen molar-refractivity contribution in [2.45, 2.75) is 20.4 Å². The van der Waals surface area contributed by atoms with E-state index in [-0.39, 0.29) is 5.28 Å². The van der Waals surface area contributed by atoms with Crippen molar-refractivity contribution in [3.63, 3.8) is 0 Å². The Balaban J connectivity index is 2.17. The Kier molecular flexibility index (Phi) is 5.17. The molecule has 1 heterocycles. The van der Waals surface area contributed by atoms with Crippen LogP contribution in [-0.4, -0.2) is 16.5 Å². The fourth-order valence-corrected chi connectivity index (χ4v) is 2.25. The minimum Gasteiger partial charge on any atom is -0.380 e. The number of hydrogen-bond donors (Lipinski definition) is 2. The summed E-state index contributed by atoms with van der Waals surface area (Å²) in [5, 5.41) is 6.85. The number of anilines is 2. The molecule has 0 aliphatic heterocycles. The molecule has 21 heavy (non-hydrogen) atoms. The Hall–Kier alpha value is -2.07. The molecule has 4 nitrogen and oxygen atoms in total. The third kappa shape index (κ3) is 3.95. The molecule has 0 fully saturated rings. The lowest BCUT2D eigenvalue weighted by Crippen LogP contribution is -2.09. The summed E-state index contributed by atoms with van der Waals surface area (Å²) in [4.78, 5) is 8.28. The lowest BCUT2D eigenvalue weighted by atomic mass is 10.1. The van der Waals surface area contributed by atoms with Crippen LogP contribution in [-0.2, 0) is 6.54 Å². The van der Waals surface area contributed by atoms with Gasteiger partial charge in [-0.15, -0.1) is 6.58 Å². The van der Waals surface area contributed by atoms with Crippen molar-refractivity contribution in [1.82, 2.24) is 9.97 Å². The highest BCUT2D eigenvalue weighted by atomic mass is 35.5. The topological polar surface area (TPSA) is 49.8 Å². The molecule has 0 aliphatic rings. The first-order valence-electron chi connectivity index (χ1n) is 6.78. The third-order valence-electron chi connectivity index (χ3n) is 3.19. The van der Waals surface area contributed by atoms with E-state index >= 15 is 0 Å². The van der Waals surface area contributed by atoms with Gasteiger partial charge in [0.05, 0.1) is 0 Å². The first kappa shape index (κ1) is 15.3. The van der Waals surface area contributed by atoms with Crippen molar-refractivity contribution >= 4 is 23.1 Å². The van der Waals surface area contributed by atoms with E-state index in [4.69, 9.17) is 11.6 Å². The molecular weight excluding hydrogens is 284 g/mol. The van der Waals surface area contributed by atoms with Crippen LogP contribution in [0, 0.1) is 13.8 Å². The summed E-state index contributed by atoms with van der Waals surface area (Å²) in [6, 6.07) is 6.23. The van der Waals surface area contributed by atoms with Crippen molar-refractivity contribution in [1.29, 1.82) is 0 Å². The molecule has 0 bridgehead atoms. The van der Waals surface area contributed by atoms with E-state index in [1.54, 1.807) is 12.3 Å². The van der Waals surface area contributed by atoms with Gasteiger partial charge in [-0.05, 0) is 36.6 Å². The predicted octanol–water partition coefficient (Wildman–Crippen LogP) is 3.96. The SMILES string of the molecule is C=CCNc1nc(Cl)ncc1CNc1c(C)cccc1C. The van der Waals surface area contributed by atoms with E-state index in [2.05, 4.69) is 59.2 Å². The zero-order chi connectivity index (χ0) is 15.2. The highest BCUT2D eigenvalue weighted by Crippen LogP contribution is 2.22. The molecule has 2 aromatic rings. The van der Waals surface area contributed by atoms with Gasteiger partial charge in [0.25, 0.3) is 0 Å². The second-order valence-corrected chi connectivity index (χ2v) is 5.14. The standard InChI is InChI=1S/C16H19ClN4/c1-4-8-18-15-13(10-20-16(17)21-15)9-19-14-11(2)6-5-7-12(14)3/h4-7,10,19H,1,8-9H2,2-3H3,(H,18,20,21). The van der Waals surface area contributed by atoms with E-state index in [0.717, 1.165) is 17.1 Å². The van der Waals surface area contributed by atoms with E-state index in [1.807, 2.05) is 0 Å². The van der Waals surface area contributed by atoms with Gasteiger partial charge in [0.1, 0.15) is 5.82 Å². The van der Waals surface area contributed by atoms with Crippen LogP contribution in [0.2, 0.25) is 5.28 Å². The average Bonchev–Trinajstić information content (AvgIpc) is 2.46. The van der Waals surface area contributed by atoms with Crippen molar-refractivity contribution in [3.05, 3.63) is 59.0 Å². The fourth-order valence-electron chi connectivity index (χ4n) is 2.11. The maximum absolute atomic E-state index is 5.85. The van der Waals surface area contributed by atoms with Gasteiger partial charge < -0.3 is 10.6 Å². The Labute approximate surface area is 130 Å². The quantitative estimate of drug-likeness (QED) is 0.626. The first-order chi connectivity index (χ1) is 10.1. The zero-order valence-corrected chi connectivity index (χ0v) is 13.0. The Morgan fingerprint density at radius 2 is 1.95 bits per heavy atom. The summed E-state index contributed by atoms with van der Waals surface area (Å²) in [5.74, 6) is 0.730. The molecule has 1 aromatic heterocycles. The number of halogens is 1. The van der Waals surface area contributed by atoms with E-state index in [9.17, 15) is 0 Å². The van der Waals surface area contributed by atoms with Crippen LogP contribution in [0.5, 0.6) is 0 Å². The van der Waals surface area contributed by atoms with E-state index < -0.39 is 0 Å². The highest BCUT2D eigenvalue weighted by molar-refractivity contribution is 6.28. The smallest absolute Gasteiger partial charge is 0.224 e. The lowest BCUT2D eigenvalue weighted by Gasteiger charge is -2.14. The van der Waals surface area contributed by atoms with Gasteiger partial charge in [-0.25, -0.2) is 9.97 Å². The van der Waals surface area contributed by atoms with Gasteiger partial charge in [0.15, 0.2) is 0 Å². The van der Waals surface area contributed by atoms with Gasteiger partial charge in [-0.3, -0.25) is 0 Å². The van der Waals surface area contributed by atoms with Crippen molar-refractivity contribution in [3.8, 4) is 0 Å². The number of nitrogens with one attached hydrogen (secondary N) is 2. The van der Waals surface area contributed by atoms with Crippen LogP contribution in [0.1, 0.15) is 16.7 Å². The molecule has 0 saturated heterocycles. The van der Waals surface area contributed by atoms with Crippen LogP contribution in [0.25, 0.3) is 0 Å². The molecule has 0 amide bonds. The number of para-hydroxylation sites is 1. The summed E-state index contributed by atoms with van der Waals surface area (Å²) >= 11 is 5.85. The minimum atomic E-state index is 0.234. The number of nitrogens with zero attached hydrogens (tertiary/aromatic N) is 2. The Morgan fingerprint density at radius 1 is 1.24 bits per heavy atom. The summed E-state index contributed by atoms with van der Waals surface area (Å²) < 4.78 is 0. The summed E-state index contributed by atoms with van der Waals surface area (Å²) in [6.45, 7) is 9.12. The maximum atomic E-state index is 5.85. The average molecular weight is 303 g/mol. The summed E-state index contributed by atoms with van der Waals surface area (Å²) in [6.07, 6.45) is 3.51. The Morgan fingerprint density at radius 3 is 2.62 bits per heavy atom. The molecule has 0 saturated carbocycles. The molecule has 5 heteroatoms. The van der Waals surface area contributed by atoms with Crippen LogP contribution in [0.15, 0.2) is 37.1 Å². The molecule has 2 rings (SSSR count). The summed E-state index contributed by atoms with van der Waals surface area (Å²) in [7, 11) is 0. The van der Waals surface area contributed by atoms with Gasteiger partial charge in [0.2, 0.25) is 5.28 Å². The monoisotopic (exact) mass is 302 g/mol. The van der Waals surface area contributed by atoms with Crippen molar-refractivity contribution in [2.75, 3.05) is 17.2 Å². The number of rotatable bonds is 6. The fraction of sp³-hybridized carbons (Fsp3) is 0.250. The zero-order valence-electron chi connectivity index (χ0n) is 12.3. The summed E-state index contributed by atoms with van der Waals surface area (Å²) in [5.41, 5.74) is 4.53. The van der Waals surface area contributed by atoms with Crippen molar-refractivity contribution < 1.29 is 0 Å². The van der Waals surface area contributed by atoms with Crippen LogP contribution >= 0.6 is 11.6 Å². The van der Waals surface area contributed by atoms with E-state index in [0.29, 0.717) is 13.1 Å². The third-order valence-corrected chi connectivity index (χ3v) is 3.37. The van der Waals surface area contributed by atoms with Gasteiger partial charge in [-0.2, -0.15) is 0 Å². The van der Waals surface area contributed by atoms with Crippen molar-refractivity contribution in [2.24, 2.45) is 0 Å². The lowest BCUT2D eigenvalue weighted by molar-refractivity contribution is 1.04. The number of aromatic nitrogens is 2. The van der Waals surface area contributed by atoms with Crippen LogP contribution in [0.4, 0.5) is 11.5 Å². The molecule has 0 radical (unpaired) electrons. The van der Waals surface area contributed by atoms with Gasteiger partial charge in [0, 0.05) is 30.5 Å². The van der Waals surface area contributed by atoms with E-state index in [1.165, 1.54) is 11.1 Å². The molecule has 0 spiro atoms. The molecular formula is C16H19ClN4. The van der Waals surface area contributed by atoms with Gasteiger partial charge in [-0.1, -0.05) is 24.3 Å². The second-order valence-electron chi connectivity index (χ2n) is 4.80. The van der Waals surface area contributed by atoms with Crippen LogP contribution in [0.3, 0.4) is 0 Å². The highest BCUT2D eigenvalue weighted by Gasteiger charge is 2.07. The molecule has 0 aliphatic carbocycles. The Bertz CT molecular complexity index is 620. The molecule has 110 valence electrons. The molecule has 2 N–H and O–H groups in total. The molecule has 1 aromatic carbocycles. The van der Waals surface area contributed by atoms with Crippen LogP contribution < -0.4 is 10.6 Å².